The van der Waals surface area contributed by atoms with Gasteiger partial charge in [0.2, 0.25) is 5.89 Å². The molecule has 0 amide bonds. The van der Waals surface area contributed by atoms with Crippen LogP contribution in [-0.4, -0.2) is 29.0 Å². The summed E-state index contributed by atoms with van der Waals surface area (Å²) in [4.78, 5) is 32.4. The molecular weight excluding hydrogens is 356 g/mol. The maximum absolute atomic E-state index is 12.4. The molecule has 0 saturated heterocycles. The number of esters is 2. The number of nitrogens with one attached hydrogen (secondary N) is 1. The van der Waals surface area contributed by atoms with Crippen molar-refractivity contribution >= 4 is 23.3 Å². The Morgan fingerprint density at radius 3 is 2.69 bits per heavy atom. The Morgan fingerprint density at radius 2 is 2.04 bits per heavy atom. The summed E-state index contributed by atoms with van der Waals surface area (Å²) in [5.41, 5.74) is 2.17. The third kappa shape index (κ3) is 3.28. The Balaban J connectivity index is 1.75. The van der Waals surface area contributed by atoms with Crippen molar-refractivity contribution in [2.75, 3.05) is 7.11 Å². The Labute approximate surface area is 154 Å². The van der Waals surface area contributed by atoms with Gasteiger partial charge in [0, 0.05) is 5.69 Å². The lowest BCUT2D eigenvalue weighted by atomic mass is 10.1. The fourth-order valence-electron chi connectivity index (χ4n) is 2.64. The molecule has 0 bridgehead atoms. The molecule has 26 heavy (non-hydrogen) atoms. The molecule has 0 saturated carbocycles. The zero-order valence-corrected chi connectivity index (χ0v) is 15.7. The smallest absolute Gasteiger partial charge is 0.355 e. The van der Waals surface area contributed by atoms with Crippen LogP contribution in [0, 0.1) is 20.8 Å². The highest BCUT2D eigenvalue weighted by Crippen LogP contribution is 2.26. The number of aromatic amines is 1. The van der Waals surface area contributed by atoms with E-state index in [0.717, 1.165) is 4.88 Å². The van der Waals surface area contributed by atoms with Gasteiger partial charge in [0.25, 0.3) is 0 Å². The van der Waals surface area contributed by atoms with Crippen molar-refractivity contribution in [2.45, 2.75) is 27.4 Å². The molecule has 3 aromatic rings. The Bertz CT molecular complexity index is 953. The van der Waals surface area contributed by atoms with Gasteiger partial charge in [-0.25, -0.2) is 14.6 Å². The van der Waals surface area contributed by atoms with E-state index in [2.05, 4.69) is 9.97 Å². The largest absolute Gasteiger partial charge is 0.465 e. The molecule has 136 valence electrons. The fraction of sp³-hybridized carbons (Fsp3) is 0.278. The van der Waals surface area contributed by atoms with Gasteiger partial charge >= 0.3 is 11.9 Å². The first-order chi connectivity index (χ1) is 12.4. The lowest BCUT2D eigenvalue weighted by Crippen LogP contribution is -2.09. The number of nitrogens with zero attached hydrogens (tertiary/aromatic N) is 1. The number of hydrogen-bond acceptors (Lipinski definition) is 7. The van der Waals surface area contributed by atoms with Crippen LogP contribution in [0.15, 0.2) is 21.9 Å². The molecule has 3 aromatic heterocycles. The molecule has 0 radical (unpaired) electrons. The molecule has 8 heteroatoms. The number of methoxy groups -OCH3 is 1. The second kappa shape index (κ2) is 7.17. The average Bonchev–Trinajstić information content (AvgIpc) is 3.32. The molecule has 1 N–H and O–H groups in total. The fourth-order valence-corrected chi connectivity index (χ4v) is 3.29. The first kappa shape index (κ1) is 17.9. The number of aryl methyl sites for hydroxylation is 2. The third-order valence-corrected chi connectivity index (χ3v) is 4.85. The van der Waals surface area contributed by atoms with Crippen LogP contribution in [-0.2, 0) is 16.1 Å². The Morgan fingerprint density at radius 1 is 1.27 bits per heavy atom. The van der Waals surface area contributed by atoms with Crippen molar-refractivity contribution in [1.82, 2.24) is 9.97 Å². The Kier molecular flexibility index (Phi) is 4.94. The molecule has 0 aliphatic rings. The molecule has 0 spiro atoms. The van der Waals surface area contributed by atoms with Crippen molar-refractivity contribution in [1.29, 1.82) is 0 Å². The summed E-state index contributed by atoms with van der Waals surface area (Å²) >= 11 is 1.52. The van der Waals surface area contributed by atoms with E-state index in [-0.39, 0.29) is 12.3 Å². The van der Waals surface area contributed by atoms with Crippen molar-refractivity contribution < 1.29 is 23.5 Å². The van der Waals surface area contributed by atoms with Gasteiger partial charge < -0.3 is 18.9 Å². The van der Waals surface area contributed by atoms with Crippen LogP contribution >= 0.6 is 11.3 Å². The second-order valence-electron chi connectivity index (χ2n) is 5.69. The molecule has 3 rings (SSSR count). The standard InChI is InChI=1S/C18H18N2O5S/c1-9-14(17(21)23-4)10(2)19-15(9)18(22)24-8-12-11(3)25-16(20-12)13-6-5-7-26-13/h5-7,19H,8H2,1-4H3. The first-order valence-corrected chi connectivity index (χ1v) is 8.75. The number of carbonyl (C=O) groups is 2. The molecule has 7 nitrogen and oxygen atoms in total. The second-order valence-corrected chi connectivity index (χ2v) is 6.64. The quantitative estimate of drug-likeness (QED) is 0.683. The van der Waals surface area contributed by atoms with Crippen molar-refractivity contribution in [3.8, 4) is 10.8 Å². The van der Waals surface area contributed by atoms with E-state index in [1.54, 1.807) is 20.8 Å². The zero-order valence-electron chi connectivity index (χ0n) is 14.8. The van der Waals surface area contributed by atoms with Gasteiger partial charge in [0.05, 0.1) is 17.6 Å². The molecule has 3 heterocycles. The summed E-state index contributed by atoms with van der Waals surface area (Å²) in [6, 6.07) is 3.82. The van der Waals surface area contributed by atoms with E-state index < -0.39 is 11.9 Å². The van der Waals surface area contributed by atoms with Crippen molar-refractivity contribution in [2.24, 2.45) is 0 Å². The van der Waals surface area contributed by atoms with Crippen molar-refractivity contribution in [3.05, 3.63) is 51.5 Å². The van der Waals surface area contributed by atoms with E-state index in [9.17, 15) is 9.59 Å². The summed E-state index contributed by atoms with van der Waals surface area (Å²) in [5, 5.41) is 1.93. The number of thiophene rings is 1. The normalized spacial score (nSPS) is 10.8. The van der Waals surface area contributed by atoms with Gasteiger partial charge in [-0.3, -0.25) is 0 Å². The number of H-pyrrole nitrogens is 1. The third-order valence-electron chi connectivity index (χ3n) is 4.00. The van der Waals surface area contributed by atoms with Crippen LogP contribution in [0.2, 0.25) is 0 Å². The van der Waals surface area contributed by atoms with Gasteiger partial charge in [-0.1, -0.05) is 6.07 Å². The van der Waals surface area contributed by atoms with Crippen LogP contribution in [0.25, 0.3) is 10.8 Å². The summed E-state index contributed by atoms with van der Waals surface area (Å²) in [6.45, 7) is 5.12. The number of hydrogen-bond donors (Lipinski definition) is 1. The minimum Gasteiger partial charge on any atom is -0.465 e. The van der Waals surface area contributed by atoms with E-state index in [1.165, 1.54) is 18.4 Å². The summed E-state index contributed by atoms with van der Waals surface area (Å²) in [6.07, 6.45) is 0. The van der Waals surface area contributed by atoms with E-state index >= 15 is 0 Å². The highest BCUT2D eigenvalue weighted by Gasteiger charge is 2.24. The van der Waals surface area contributed by atoms with E-state index in [1.807, 2.05) is 17.5 Å². The van der Waals surface area contributed by atoms with Crippen LogP contribution in [0.3, 0.4) is 0 Å². The van der Waals surface area contributed by atoms with Gasteiger partial charge in [-0.2, -0.15) is 0 Å². The summed E-state index contributed by atoms with van der Waals surface area (Å²) in [7, 11) is 1.30. The topological polar surface area (TPSA) is 94.4 Å². The number of rotatable bonds is 5. The maximum Gasteiger partial charge on any atom is 0.355 e. The monoisotopic (exact) mass is 374 g/mol. The number of oxazole rings is 1. The number of carbonyl (C=O) groups excluding carboxylic acids is 2. The lowest BCUT2D eigenvalue weighted by Gasteiger charge is -2.03. The molecule has 0 unspecified atom stereocenters. The van der Waals surface area contributed by atoms with Gasteiger partial charge in [-0.15, -0.1) is 11.3 Å². The number of aromatic nitrogens is 2. The van der Waals surface area contributed by atoms with E-state index in [4.69, 9.17) is 13.9 Å². The molecular formula is C18H18N2O5S. The predicted molar refractivity (Wildman–Crippen MR) is 95.3 cm³/mol. The molecule has 0 aromatic carbocycles. The van der Waals surface area contributed by atoms with Crippen LogP contribution < -0.4 is 0 Å². The number of ether oxygens (including phenoxy) is 2. The summed E-state index contributed by atoms with van der Waals surface area (Å²) in [5.74, 6) is 0.0309. The molecule has 0 atom stereocenters. The minimum atomic E-state index is -0.569. The molecule has 0 aliphatic carbocycles. The van der Waals surface area contributed by atoms with Crippen LogP contribution in [0.1, 0.15) is 43.6 Å². The van der Waals surface area contributed by atoms with Crippen LogP contribution in [0.5, 0.6) is 0 Å². The van der Waals surface area contributed by atoms with Crippen molar-refractivity contribution in [3.63, 3.8) is 0 Å². The minimum absolute atomic E-state index is 0.0232. The maximum atomic E-state index is 12.4. The zero-order chi connectivity index (χ0) is 18.8. The van der Waals surface area contributed by atoms with Gasteiger partial charge in [-0.05, 0) is 37.8 Å². The average molecular weight is 374 g/mol. The molecule has 0 fully saturated rings. The van der Waals surface area contributed by atoms with Gasteiger partial charge in [0.15, 0.2) is 0 Å². The first-order valence-electron chi connectivity index (χ1n) is 7.87. The molecule has 0 aliphatic heterocycles. The predicted octanol–water partition coefficient (Wildman–Crippen LogP) is 3.80. The van der Waals surface area contributed by atoms with Gasteiger partial charge in [0.1, 0.15) is 23.8 Å². The highest BCUT2D eigenvalue weighted by atomic mass is 32.1. The van der Waals surface area contributed by atoms with Crippen LogP contribution in [0.4, 0.5) is 0 Å². The highest BCUT2D eigenvalue weighted by molar-refractivity contribution is 7.13. The SMILES string of the molecule is COC(=O)c1c(C)[nH]c(C(=O)OCc2nc(-c3cccs3)oc2C)c1C. The summed E-state index contributed by atoms with van der Waals surface area (Å²) < 4.78 is 15.7. The van der Waals surface area contributed by atoms with E-state index in [0.29, 0.717) is 34.2 Å². The lowest BCUT2D eigenvalue weighted by molar-refractivity contribution is 0.0459. The Hall–Kier alpha value is -2.87.